The summed E-state index contributed by atoms with van der Waals surface area (Å²) in [5, 5.41) is 13.9. The Morgan fingerprint density at radius 3 is 2.83 bits per heavy atom. The molecule has 1 saturated heterocycles. The minimum absolute atomic E-state index is 0.0204. The molecule has 1 aliphatic heterocycles. The van der Waals surface area contributed by atoms with Crippen LogP contribution in [0.3, 0.4) is 0 Å². The molecule has 0 radical (unpaired) electrons. The fourth-order valence-electron chi connectivity index (χ4n) is 1.66. The lowest BCUT2D eigenvalue weighted by atomic mass is 10.0. The number of halogens is 2. The number of rotatable bonds is 5. The Balaban J connectivity index is 2.04. The van der Waals surface area contributed by atoms with Crippen LogP contribution in [0.1, 0.15) is 6.42 Å². The quantitative estimate of drug-likeness (QED) is 0.669. The highest BCUT2D eigenvalue weighted by Gasteiger charge is 2.20. The number of nitrogens with one attached hydrogen (secondary N) is 1. The molecule has 0 aliphatic carbocycles. The monoisotopic (exact) mass is 318 g/mol. The van der Waals surface area contributed by atoms with Gasteiger partial charge in [0.15, 0.2) is 5.75 Å². The second-order valence-electron chi connectivity index (χ2n) is 4.15. The zero-order chi connectivity index (χ0) is 13.1. The summed E-state index contributed by atoms with van der Waals surface area (Å²) in [7, 11) is 0. The number of ether oxygens (including phenoxy) is 1. The van der Waals surface area contributed by atoms with Crippen LogP contribution in [0.25, 0.3) is 0 Å². The summed E-state index contributed by atoms with van der Waals surface area (Å²) < 4.78 is 18.7. The Bertz CT molecular complexity index is 466. The number of hydrogen-bond donors (Lipinski definition) is 1. The van der Waals surface area contributed by atoms with E-state index in [1.54, 1.807) is 0 Å². The lowest BCUT2D eigenvalue weighted by Gasteiger charge is -2.26. The fourth-order valence-corrected chi connectivity index (χ4v) is 2.00. The van der Waals surface area contributed by atoms with E-state index in [1.165, 1.54) is 0 Å². The number of nitro benzene ring substituents is 1. The van der Waals surface area contributed by atoms with E-state index in [1.807, 2.05) is 0 Å². The molecule has 1 heterocycles. The molecule has 1 aromatic carbocycles. The van der Waals surface area contributed by atoms with Crippen molar-refractivity contribution in [3.8, 4) is 5.75 Å². The molecule has 1 N–H and O–H groups in total. The summed E-state index contributed by atoms with van der Waals surface area (Å²) >= 11 is 2.92. The van der Waals surface area contributed by atoms with E-state index in [2.05, 4.69) is 21.2 Å². The van der Waals surface area contributed by atoms with Gasteiger partial charge in [0.25, 0.3) is 0 Å². The molecule has 0 amide bonds. The molecule has 0 bridgehead atoms. The van der Waals surface area contributed by atoms with Crippen molar-refractivity contribution >= 4 is 21.6 Å². The second kappa shape index (κ2) is 5.62. The van der Waals surface area contributed by atoms with Gasteiger partial charge < -0.3 is 10.1 Å². The van der Waals surface area contributed by atoms with Crippen molar-refractivity contribution in [2.45, 2.75) is 6.42 Å². The minimum atomic E-state index is -0.579. The Morgan fingerprint density at radius 1 is 1.56 bits per heavy atom. The van der Waals surface area contributed by atoms with Gasteiger partial charge in [-0.15, -0.1) is 0 Å². The van der Waals surface area contributed by atoms with Gasteiger partial charge in [0.1, 0.15) is 5.82 Å². The van der Waals surface area contributed by atoms with Gasteiger partial charge in [-0.3, -0.25) is 10.1 Å². The van der Waals surface area contributed by atoms with Crippen molar-refractivity contribution < 1.29 is 14.1 Å². The molecule has 1 aromatic rings. The molecule has 7 heteroatoms. The average Bonchev–Trinajstić information content (AvgIpc) is 2.25. The minimum Gasteiger partial charge on any atom is -0.487 e. The number of nitrogens with zero attached hydrogens (tertiary/aromatic N) is 1. The molecule has 2 rings (SSSR count). The largest absolute Gasteiger partial charge is 0.487 e. The second-order valence-corrected chi connectivity index (χ2v) is 5.01. The van der Waals surface area contributed by atoms with Crippen LogP contribution in [-0.2, 0) is 0 Å². The molecule has 1 aliphatic rings. The predicted octanol–water partition coefficient (Wildman–Crippen LogP) is 2.48. The van der Waals surface area contributed by atoms with E-state index in [9.17, 15) is 14.5 Å². The van der Waals surface area contributed by atoms with E-state index < -0.39 is 10.7 Å². The van der Waals surface area contributed by atoms with Gasteiger partial charge >= 0.3 is 5.69 Å². The van der Waals surface area contributed by atoms with Gasteiger partial charge in [-0.2, -0.15) is 0 Å². The summed E-state index contributed by atoms with van der Waals surface area (Å²) in [6.07, 6.45) is 0.807. The van der Waals surface area contributed by atoms with E-state index in [0.29, 0.717) is 12.5 Å². The summed E-state index contributed by atoms with van der Waals surface area (Å²) in [6, 6.07) is 2.16. The van der Waals surface area contributed by atoms with Crippen LogP contribution in [-0.4, -0.2) is 24.6 Å². The zero-order valence-corrected chi connectivity index (χ0v) is 11.1. The van der Waals surface area contributed by atoms with Gasteiger partial charge in [-0.05, 0) is 41.4 Å². The molecular formula is C11H12BrFN2O3. The SMILES string of the molecule is O=[N+]([O-])c1cc(Br)c(F)cc1OCCC1CNC1. The van der Waals surface area contributed by atoms with E-state index in [-0.39, 0.29) is 15.9 Å². The summed E-state index contributed by atoms with van der Waals surface area (Å²) in [5.41, 5.74) is -0.227. The van der Waals surface area contributed by atoms with Gasteiger partial charge in [0.2, 0.25) is 0 Å². The molecule has 5 nitrogen and oxygen atoms in total. The lowest BCUT2D eigenvalue weighted by Crippen LogP contribution is -2.42. The van der Waals surface area contributed by atoms with Crippen molar-refractivity contribution in [1.82, 2.24) is 5.32 Å². The fraction of sp³-hybridized carbons (Fsp3) is 0.455. The van der Waals surface area contributed by atoms with Gasteiger partial charge in [-0.25, -0.2) is 4.39 Å². The molecule has 0 unspecified atom stereocenters. The van der Waals surface area contributed by atoms with Crippen molar-refractivity contribution in [3.05, 3.63) is 32.5 Å². The molecule has 0 saturated carbocycles. The summed E-state index contributed by atoms with van der Waals surface area (Å²) in [4.78, 5) is 10.2. The standard InChI is InChI=1S/C11H12BrFN2O3/c12-8-3-10(15(16)17)11(4-9(8)13)18-2-1-7-5-14-6-7/h3-4,7,14H,1-2,5-6H2. The third kappa shape index (κ3) is 2.97. The van der Waals surface area contributed by atoms with Crippen LogP contribution in [0.2, 0.25) is 0 Å². The normalized spacial score (nSPS) is 15.2. The molecule has 0 spiro atoms. The first-order chi connectivity index (χ1) is 8.58. The highest BCUT2D eigenvalue weighted by molar-refractivity contribution is 9.10. The smallest absolute Gasteiger partial charge is 0.312 e. The molecule has 0 atom stereocenters. The third-order valence-corrected chi connectivity index (χ3v) is 3.46. The van der Waals surface area contributed by atoms with Crippen molar-refractivity contribution in [2.75, 3.05) is 19.7 Å². The number of hydrogen-bond acceptors (Lipinski definition) is 4. The van der Waals surface area contributed by atoms with Crippen LogP contribution >= 0.6 is 15.9 Å². The van der Waals surface area contributed by atoms with E-state index >= 15 is 0 Å². The van der Waals surface area contributed by atoms with E-state index in [4.69, 9.17) is 4.74 Å². The number of benzene rings is 1. The van der Waals surface area contributed by atoms with Crippen LogP contribution in [0, 0.1) is 21.8 Å². The maximum atomic E-state index is 13.3. The van der Waals surface area contributed by atoms with Gasteiger partial charge in [0.05, 0.1) is 16.0 Å². The Hall–Kier alpha value is -1.21. The first-order valence-electron chi connectivity index (χ1n) is 5.55. The maximum Gasteiger partial charge on any atom is 0.312 e. The van der Waals surface area contributed by atoms with Crippen LogP contribution in [0.15, 0.2) is 16.6 Å². The topological polar surface area (TPSA) is 64.4 Å². The van der Waals surface area contributed by atoms with Crippen molar-refractivity contribution in [3.63, 3.8) is 0 Å². The number of nitro groups is 1. The first kappa shape index (κ1) is 13.2. The molecule has 98 valence electrons. The first-order valence-corrected chi connectivity index (χ1v) is 6.34. The lowest BCUT2D eigenvalue weighted by molar-refractivity contribution is -0.386. The molecule has 1 fully saturated rings. The summed E-state index contributed by atoms with van der Waals surface area (Å²) in [5.74, 6) is -0.0433. The van der Waals surface area contributed by atoms with Crippen LogP contribution in [0.5, 0.6) is 5.75 Å². The average molecular weight is 319 g/mol. The highest BCUT2D eigenvalue weighted by atomic mass is 79.9. The van der Waals surface area contributed by atoms with Crippen LogP contribution in [0.4, 0.5) is 10.1 Å². The Labute approximate surface area is 112 Å². The molecule has 0 aromatic heterocycles. The van der Waals surface area contributed by atoms with E-state index in [0.717, 1.165) is 31.6 Å². The van der Waals surface area contributed by atoms with Crippen molar-refractivity contribution in [2.24, 2.45) is 5.92 Å². The summed E-state index contributed by atoms with van der Waals surface area (Å²) in [6.45, 7) is 2.24. The molecule has 18 heavy (non-hydrogen) atoms. The van der Waals surface area contributed by atoms with Crippen molar-refractivity contribution in [1.29, 1.82) is 0 Å². The zero-order valence-electron chi connectivity index (χ0n) is 9.49. The Morgan fingerprint density at radius 2 is 2.28 bits per heavy atom. The predicted molar refractivity (Wildman–Crippen MR) is 67.2 cm³/mol. The Kier molecular flexibility index (Phi) is 4.13. The van der Waals surface area contributed by atoms with Crippen LogP contribution < -0.4 is 10.1 Å². The third-order valence-electron chi connectivity index (χ3n) is 2.85. The maximum absolute atomic E-state index is 13.3. The van der Waals surface area contributed by atoms with Gasteiger partial charge in [-0.1, -0.05) is 0 Å². The highest BCUT2D eigenvalue weighted by Crippen LogP contribution is 2.32. The molecular weight excluding hydrogens is 307 g/mol. The van der Waals surface area contributed by atoms with Gasteiger partial charge in [0, 0.05) is 12.1 Å².